The highest BCUT2D eigenvalue weighted by Gasteiger charge is 2.24. The Kier molecular flexibility index (Phi) is 3.76. The molecule has 2 nitrogen and oxygen atoms in total. The molecule has 2 unspecified atom stereocenters. The van der Waals surface area contributed by atoms with Gasteiger partial charge in [0.25, 0.3) is 0 Å². The van der Waals surface area contributed by atoms with Crippen molar-refractivity contribution in [2.24, 2.45) is 0 Å². The van der Waals surface area contributed by atoms with E-state index in [4.69, 9.17) is 4.74 Å². The number of aryl methyl sites for hydroxylation is 1. The van der Waals surface area contributed by atoms with Gasteiger partial charge in [0.15, 0.2) is 0 Å². The summed E-state index contributed by atoms with van der Waals surface area (Å²) >= 11 is 3.69. The van der Waals surface area contributed by atoms with Gasteiger partial charge in [0.2, 0.25) is 0 Å². The molecule has 2 atom stereocenters. The molecule has 1 aromatic heterocycles. The molecule has 0 bridgehead atoms. The van der Waals surface area contributed by atoms with Crippen molar-refractivity contribution in [3.05, 3.63) is 29.6 Å². The van der Waals surface area contributed by atoms with Gasteiger partial charge in [-0.3, -0.25) is 4.98 Å². The molecule has 3 heteroatoms. The molecule has 1 aromatic rings. The van der Waals surface area contributed by atoms with E-state index in [-0.39, 0.29) is 0 Å². The molecular weight excluding hydrogens is 254 g/mol. The minimum Gasteiger partial charge on any atom is -0.377 e. The number of pyridine rings is 1. The zero-order valence-corrected chi connectivity index (χ0v) is 10.5. The molecule has 0 saturated carbocycles. The van der Waals surface area contributed by atoms with Crippen LogP contribution in [0.15, 0.2) is 18.3 Å². The molecule has 2 heterocycles. The largest absolute Gasteiger partial charge is 0.377 e. The van der Waals surface area contributed by atoms with Crippen molar-refractivity contribution < 1.29 is 4.74 Å². The third-order valence-corrected chi connectivity index (χ3v) is 3.66. The Bertz CT molecular complexity index is 306. The first-order valence-electron chi connectivity index (χ1n) is 5.43. The summed E-state index contributed by atoms with van der Waals surface area (Å²) in [5.74, 6) is 0. The van der Waals surface area contributed by atoms with E-state index >= 15 is 0 Å². The van der Waals surface area contributed by atoms with Crippen LogP contribution in [0.5, 0.6) is 0 Å². The fourth-order valence-electron chi connectivity index (χ4n) is 1.84. The third-order valence-electron chi connectivity index (χ3n) is 2.75. The molecule has 1 saturated heterocycles. The molecule has 82 valence electrons. The summed E-state index contributed by atoms with van der Waals surface area (Å²) in [5, 5.41) is 0. The Balaban J connectivity index is 1.92. The standard InChI is InChI=1S/C12H16BrNO/c1-9-4-5-10(14-8-9)7-11(13)12-3-2-6-15-12/h4-5,8,11-12H,2-3,6-7H2,1H3. The quantitative estimate of drug-likeness (QED) is 0.788. The van der Waals surface area contributed by atoms with Gasteiger partial charge in [0, 0.05) is 29.7 Å². The lowest BCUT2D eigenvalue weighted by molar-refractivity contribution is 0.110. The van der Waals surface area contributed by atoms with Gasteiger partial charge >= 0.3 is 0 Å². The van der Waals surface area contributed by atoms with Gasteiger partial charge in [-0.1, -0.05) is 22.0 Å². The van der Waals surface area contributed by atoms with E-state index < -0.39 is 0 Å². The van der Waals surface area contributed by atoms with E-state index in [0.29, 0.717) is 10.9 Å². The zero-order valence-electron chi connectivity index (χ0n) is 8.95. The lowest BCUT2D eigenvalue weighted by Crippen LogP contribution is -2.22. The molecule has 0 radical (unpaired) electrons. The summed E-state index contributed by atoms with van der Waals surface area (Å²) in [4.78, 5) is 4.80. The second kappa shape index (κ2) is 5.08. The molecule has 1 aliphatic heterocycles. The lowest BCUT2D eigenvalue weighted by atomic mass is 10.1. The Labute approximate surface area is 99.2 Å². The highest BCUT2D eigenvalue weighted by atomic mass is 79.9. The van der Waals surface area contributed by atoms with Crippen molar-refractivity contribution >= 4 is 15.9 Å². The van der Waals surface area contributed by atoms with Crippen LogP contribution in [0.4, 0.5) is 0 Å². The van der Waals surface area contributed by atoms with Crippen molar-refractivity contribution in [3.63, 3.8) is 0 Å². The fourth-order valence-corrected chi connectivity index (χ4v) is 2.59. The highest BCUT2D eigenvalue weighted by Crippen LogP contribution is 2.23. The van der Waals surface area contributed by atoms with Gasteiger partial charge in [0.1, 0.15) is 0 Å². The van der Waals surface area contributed by atoms with Gasteiger partial charge < -0.3 is 4.74 Å². The van der Waals surface area contributed by atoms with Crippen molar-refractivity contribution in [1.29, 1.82) is 0 Å². The Morgan fingerprint density at radius 1 is 1.60 bits per heavy atom. The van der Waals surface area contributed by atoms with Gasteiger partial charge in [0.05, 0.1) is 6.10 Å². The van der Waals surface area contributed by atoms with Crippen LogP contribution in [0.25, 0.3) is 0 Å². The Hall–Kier alpha value is -0.410. The van der Waals surface area contributed by atoms with Crippen molar-refractivity contribution in [2.45, 2.75) is 37.1 Å². The van der Waals surface area contributed by atoms with E-state index in [1.807, 2.05) is 6.20 Å². The minimum atomic E-state index is 0.369. The van der Waals surface area contributed by atoms with Gasteiger partial charge in [-0.15, -0.1) is 0 Å². The monoisotopic (exact) mass is 269 g/mol. The number of aromatic nitrogens is 1. The Morgan fingerprint density at radius 2 is 2.47 bits per heavy atom. The van der Waals surface area contributed by atoms with Crippen LogP contribution in [-0.2, 0) is 11.2 Å². The summed E-state index contributed by atoms with van der Waals surface area (Å²) in [7, 11) is 0. The van der Waals surface area contributed by atoms with Crippen LogP contribution in [0.1, 0.15) is 24.1 Å². The van der Waals surface area contributed by atoms with Crippen molar-refractivity contribution in [3.8, 4) is 0 Å². The predicted molar refractivity (Wildman–Crippen MR) is 64.4 cm³/mol. The SMILES string of the molecule is Cc1ccc(CC(Br)C2CCCO2)nc1. The number of hydrogen-bond donors (Lipinski definition) is 0. The maximum atomic E-state index is 5.64. The molecule has 0 aromatic carbocycles. The Morgan fingerprint density at radius 3 is 3.07 bits per heavy atom. The van der Waals surface area contributed by atoms with Crippen LogP contribution in [0, 0.1) is 6.92 Å². The fraction of sp³-hybridized carbons (Fsp3) is 0.583. The molecule has 0 amide bonds. The third kappa shape index (κ3) is 3.02. The molecule has 0 N–H and O–H groups in total. The van der Waals surface area contributed by atoms with E-state index in [1.54, 1.807) is 0 Å². The average molecular weight is 270 g/mol. The summed E-state index contributed by atoms with van der Waals surface area (Å²) in [6.45, 7) is 2.97. The second-order valence-electron chi connectivity index (χ2n) is 4.10. The maximum absolute atomic E-state index is 5.64. The molecule has 0 aliphatic carbocycles. The number of halogens is 1. The summed E-state index contributed by atoms with van der Waals surface area (Å²) in [6, 6.07) is 4.20. The number of alkyl halides is 1. The predicted octanol–water partition coefficient (Wildman–Crippen LogP) is 2.88. The first kappa shape index (κ1) is 11.1. The summed E-state index contributed by atoms with van der Waals surface area (Å²) in [6.07, 6.45) is 5.60. The minimum absolute atomic E-state index is 0.369. The highest BCUT2D eigenvalue weighted by molar-refractivity contribution is 9.09. The molecule has 1 fully saturated rings. The first-order chi connectivity index (χ1) is 7.25. The van der Waals surface area contributed by atoms with E-state index in [9.17, 15) is 0 Å². The lowest BCUT2D eigenvalue weighted by Gasteiger charge is -2.16. The smallest absolute Gasteiger partial charge is 0.0704 e. The van der Waals surface area contributed by atoms with Crippen LogP contribution >= 0.6 is 15.9 Å². The van der Waals surface area contributed by atoms with Gasteiger partial charge in [-0.25, -0.2) is 0 Å². The zero-order chi connectivity index (χ0) is 10.7. The van der Waals surface area contributed by atoms with Crippen LogP contribution in [0.3, 0.4) is 0 Å². The van der Waals surface area contributed by atoms with Crippen LogP contribution in [0.2, 0.25) is 0 Å². The van der Waals surface area contributed by atoms with Crippen molar-refractivity contribution in [2.75, 3.05) is 6.61 Å². The average Bonchev–Trinajstić information content (AvgIpc) is 2.74. The van der Waals surface area contributed by atoms with E-state index in [2.05, 4.69) is 40.0 Å². The van der Waals surface area contributed by atoms with Crippen molar-refractivity contribution in [1.82, 2.24) is 4.98 Å². The number of ether oxygens (including phenoxy) is 1. The van der Waals surface area contributed by atoms with Crippen LogP contribution < -0.4 is 0 Å². The number of rotatable bonds is 3. The summed E-state index contributed by atoms with van der Waals surface area (Å²) in [5.41, 5.74) is 2.35. The second-order valence-corrected chi connectivity index (χ2v) is 5.27. The van der Waals surface area contributed by atoms with Gasteiger partial charge in [-0.05, 0) is 31.4 Å². The maximum Gasteiger partial charge on any atom is 0.0704 e. The van der Waals surface area contributed by atoms with Crippen LogP contribution in [-0.4, -0.2) is 22.5 Å². The topological polar surface area (TPSA) is 22.1 Å². The number of hydrogen-bond acceptors (Lipinski definition) is 2. The molecule has 2 rings (SSSR count). The molecular formula is C12H16BrNO. The van der Waals surface area contributed by atoms with E-state index in [1.165, 1.54) is 18.4 Å². The van der Waals surface area contributed by atoms with Gasteiger partial charge in [-0.2, -0.15) is 0 Å². The molecule has 1 aliphatic rings. The molecule has 0 spiro atoms. The first-order valence-corrected chi connectivity index (χ1v) is 6.34. The normalized spacial score (nSPS) is 22.9. The summed E-state index contributed by atoms with van der Waals surface area (Å²) < 4.78 is 5.64. The molecule has 15 heavy (non-hydrogen) atoms. The number of nitrogens with zero attached hydrogens (tertiary/aromatic N) is 1. The van der Waals surface area contributed by atoms with E-state index in [0.717, 1.165) is 18.7 Å².